The summed E-state index contributed by atoms with van der Waals surface area (Å²) in [4.78, 5) is 18.0. The molecule has 0 saturated heterocycles. The number of Topliss-reactive ketones (excluding diaryl/α,β-unsaturated/α-hetero) is 1. The molecule has 3 aromatic rings. The number of ketones is 1. The topological polar surface area (TPSA) is 70.1 Å². The van der Waals surface area contributed by atoms with E-state index in [9.17, 15) is 17.9 Å². The molecule has 2 aromatic carbocycles. The molecule has 0 radical (unpaired) electrons. The number of nitrogens with zero attached hydrogens (tertiary/aromatic N) is 1. The molecule has 30 heavy (non-hydrogen) atoms. The van der Waals surface area contributed by atoms with Crippen molar-refractivity contribution in [2.45, 2.75) is 37.0 Å². The van der Waals surface area contributed by atoms with E-state index >= 15 is 0 Å². The van der Waals surface area contributed by atoms with Crippen LogP contribution in [-0.4, -0.2) is 19.5 Å². The molecule has 1 aromatic heterocycles. The first-order chi connectivity index (χ1) is 14.2. The van der Waals surface area contributed by atoms with E-state index in [4.69, 9.17) is 16.6 Å². The molecule has 8 heteroatoms. The Morgan fingerprint density at radius 1 is 1.23 bits per heavy atom. The number of hydrogen-bond donors (Lipinski definition) is 0. The highest BCUT2D eigenvalue weighted by Crippen LogP contribution is 2.45. The molecule has 1 aliphatic rings. The first-order valence-electron chi connectivity index (χ1n) is 9.39. The Morgan fingerprint density at radius 3 is 2.47 bits per heavy atom. The van der Waals surface area contributed by atoms with Gasteiger partial charge in [-0.15, -0.1) is 11.3 Å². The van der Waals surface area contributed by atoms with Crippen molar-refractivity contribution in [2.75, 3.05) is 0 Å². The number of hydrogen-bond acceptors (Lipinski definition) is 5. The monoisotopic (exact) mass is 462 g/mol. The lowest BCUT2D eigenvalue weighted by Crippen LogP contribution is -2.30. The maximum absolute atomic E-state index is 14.9. The molecule has 0 bridgehead atoms. The van der Waals surface area contributed by atoms with E-state index < -0.39 is 22.3 Å². The molecule has 1 fully saturated rings. The van der Waals surface area contributed by atoms with Crippen LogP contribution in [0.2, 0.25) is 5.02 Å². The maximum Gasteiger partial charge on any atom is 0.148 e. The van der Waals surface area contributed by atoms with Crippen molar-refractivity contribution in [3.8, 4) is 21.7 Å². The summed E-state index contributed by atoms with van der Waals surface area (Å²) in [5.41, 5.74) is 0.728. The summed E-state index contributed by atoms with van der Waals surface area (Å²) in [6.45, 7) is 3.70. The molecule has 4 rings (SSSR count). The van der Waals surface area contributed by atoms with Crippen LogP contribution >= 0.6 is 22.9 Å². The van der Waals surface area contributed by atoms with Gasteiger partial charge in [0, 0.05) is 27.0 Å². The molecular formula is C22H18ClFNO3S2-. The number of aromatic nitrogens is 1. The Hall–Kier alpha value is -1.93. The van der Waals surface area contributed by atoms with Crippen LogP contribution in [0.5, 0.6) is 0 Å². The van der Waals surface area contributed by atoms with Crippen molar-refractivity contribution >= 4 is 39.8 Å². The third-order valence-corrected chi connectivity index (χ3v) is 7.52. The smallest absolute Gasteiger partial charge is 0.148 e. The zero-order valence-electron chi connectivity index (χ0n) is 16.3. The fraction of sp³-hybridized carbons (Fsp3) is 0.273. The Kier molecular flexibility index (Phi) is 5.66. The van der Waals surface area contributed by atoms with Gasteiger partial charge in [-0.2, -0.15) is 0 Å². The molecule has 1 aliphatic carbocycles. The van der Waals surface area contributed by atoms with Crippen LogP contribution in [-0.2, 0) is 21.3 Å². The second-order valence-electron chi connectivity index (χ2n) is 7.84. The zero-order chi connectivity index (χ0) is 21.6. The number of carbonyl (C=O) groups excluding carboxylic acids is 1. The highest BCUT2D eigenvalue weighted by Gasteiger charge is 2.43. The highest BCUT2D eigenvalue weighted by atomic mass is 35.5. The molecule has 1 atom stereocenters. The van der Waals surface area contributed by atoms with Crippen LogP contribution in [0.1, 0.15) is 31.7 Å². The summed E-state index contributed by atoms with van der Waals surface area (Å²) in [6, 6.07) is 10.8. The number of halogens is 2. The van der Waals surface area contributed by atoms with Crippen molar-refractivity contribution in [3.05, 3.63) is 58.3 Å². The van der Waals surface area contributed by atoms with Crippen LogP contribution < -0.4 is 0 Å². The third kappa shape index (κ3) is 3.99. The minimum absolute atomic E-state index is 0.0642. The van der Waals surface area contributed by atoms with Gasteiger partial charge in [0.15, 0.2) is 0 Å². The lowest BCUT2D eigenvalue weighted by Gasteiger charge is -2.20. The van der Waals surface area contributed by atoms with E-state index in [1.165, 1.54) is 23.5 Å². The van der Waals surface area contributed by atoms with E-state index in [0.29, 0.717) is 20.6 Å². The standard InChI is InChI=1S/C22H19ClFNO3S2/c1-22(2,20(26)13-3-4-13)21-25-18(12-5-7-14(23)8-6-12)19(29-21)16-10-9-15(30(27)28)11-17(16)24/h5-11,13H,3-4H2,1-2H3,(H,27,28)/p-1. The van der Waals surface area contributed by atoms with Crippen molar-refractivity contribution < 1.29 is 17.9 Å². The van der Waals surface area contributed by atoms with Crippen LogP contribution in [0.15, 0.2) is 47.4 Å². The molecule has 156 valence electrons. The Labute approximate surface area is 185 Å². The lowest BCUT2D eigenvalue weighted by molar-refractivity contribution is -0.124. The second kappa shape index (κ2) is 7.96. The van der Waals surface area contributed by atoms with Crippen LogP contribution in [0, 0.1) is 11.7 Å². The van der Waals surface area contributed by atoms with Gasteiger partial charge in [0.1, 0.15) is 16.6 Å². The van der Waals surface area contributed by atoms with Crippen molar-refractivity contribution in [1.29, 1.82) is 0 Å². The largest absolute Gasteiger partial charge is 0.768 e. The number of benzene rings is 2. The van der Waals surface area contributed by atoms with Crippen LogP contribution in [0.4, 0.5) is 4.39 Å². The number of carbonyl (C=O) groups is 1. The summed E-state index contributed by atoms with van der Waals surface area (Å²) in [5.74, 6) is -0.453. The fourth-order valence-electron chi connectivity index (χ4n) is 3.32. The number of rotatable bonds is 6. The first kappa shape index (κ1) is 21.3. The van der Waals surface area contributed by atoms with E-state index in [1.807, 2.05) is 13.8 Å². The normalized spacial score (nSPS) is 15.2. The van der Waals surface area contributed by atoms with Crippen LogP contribution in [0.3, 0.4) is 0 Å². The van der Waals surface area contributed by atoms with Gasteiger partial charge in [-0.25, -0.2) is 9.37 Å². The van der Waals surface area contributed by atoms with Gasteiger partial charge in [0.25, 0.3) is 0 Å². The molecule has 0 N–H and O–H groups in total. The molecule has 0 spiro atoms. The van der Waals surface area contributed by atoms with Gasteiger partial charge in [-0.1, -0.05) is 23.7 Å². The maximum atomic E-state index is 14.9. The SMILES string of the molecule is CC(C)(C(=O)C1CC1)c1nc(-c2ccc(Cl)cc2)c(-c2ccc(S(=O)[O-])cc2F)s1. The van der Waals surface area contributed by atoms with E-state index in [0.717, 1.165) is 24.5 Å². The van der Waals surface area contributed by atoms with E-state index in [-0.39, 0.29) is 22.2 Å². The van der Waals surface area contributed by atoms with Crippen molar-refractivity contribution in [2.24, 2.45) is 5.92 Å². The molecule has 4 nitrogen and oxygen atoms in total. The zero-order valence-corrected chi connectivity index (χ0v) is 18.7. The summed E-state index contributed by atoms with van der Waals surface area (Å²) < 4.78 is 37.2. The summed E-state index contributed by atoms with van der Waals surface area (Å²) in [7, 11) is 0. The second-order valence-corrected chi connectivity index (χ2v) is 10.2. The van der Waals surface area contributed by atoms with Gasteiger partial charge in [-0.3, -0.25) is 9.00 Å². The molecule has 1 heterocycles. The summed E-state index contributed by atoms with van der Waals surface area (Å²) in [6.07, 6.45) is 1.79. The Morgan fingerprint density at radius 2 is 1.90 bits per heavy atom. The average Bonchev–Trinajstić information content (AvgIpc) is 3.46. The van der Waals surface area contributed by atoms with Gasteiger partial charge >= 0.3 is 0 Å². The first-order valence-corrected chi connectivity index (χ1v) is 11.7. The quantitative estimate of drug-likeness (QED) is 0.436. The highest BCUT2D eigenvalue weighted by molar-refractivity contribution is 7.79. The van der Waals surface area contributed by atoms with Crippen LogP contribution in [0.25, 0.3) is 21.7 Å². The summed E-state index contributed by atoms with van der Waals surface area (Å²) in [5, 5.41) is 1.17. The number of thiazole rings is 1. The van der Waals surface area contributed by atoms with Gasteiger partial charge in [0.05, 0.1) is 16.0 Å². The van der Waals surface area contributed by atoms with Crippen molar-refractivity contribution in [3.63, 3.8) is 0 Å². The molecule has 0 aliphatic heterocycles. The summed E-state index contributed by atoms with van der Waals surface area (Å²) >= 11 is 4.75. The van der Waals surface area contributed by atoms with E-state index in [2.05, 4.69) is 0 Å². The molecule has 1 unspecified atom stereocenters. The van der Waals surface area contributed by atoms with Gasteiger partial charge in [0.2, 0.25) is 0 Å². The molecular weight excluding hydrogens is 445 g/mol. The third-order valence-electron chi connectivity index (χ3n) is 5.22. The minimum Gasteiger partial charge on any atom is -0.768 e. The molecule has 0 amide bonds. The van der Waals surface area contributed by atoms with Gasteiger partial charge < -0.3 is 4.55 Å². The Bertz CT molecular complexity index is 1150. The lowest BCUT2D eigenvalue weighted by atomic mass is 9.86. The fourth-order valence-corrected chi connectivity index (χ4v) is 5.04. The minimum atomic E-state index is -2.52. The molecule has 1 saturated carbocycles. The van der Waals surface area contributed by atoms with Crippen molar-refractivity contribution in [1.82, 2.24) is 4.98 Å². The predicted molar refractivity (Wildman–Crippen MR) is 116 cm³/mol. The predicted octanol–water partition coefficient (Wildman–Crippen LogP) is 5.76. The average molecular weight is 463 g/mol. The van der Waals surface area contributed by atoms with Gasteiger partial charge in [-0.05, 0) is 68.1 Å². The van der Waals surface area contributed by atoms with E-state index in [1.54, 1.807) is 24.3 Å². The Balaban J connectivity index is 1.88.